The molecular formula is C27H25BrFNO3. The van der Waals surface area contributed by atoms with E-state index in [1.165, 1.54) is 12.1 Å². The van der Waals surface area contributed by atoms with Crippen LogP contribution >= 0.6 is 15.9 Å². The minimum atomic E-state index is -0.286. The van der Waals surface area contributed by atoms with Crippen LogP contribution in [0.15, 0.2) is 65.1 Å². The third-order valence-electron chi connectivity index (χ3n) is 5.40. The van der Waals surface area contributed by atoms with Crippen LogP contribution in [0.4, 0.5) is 10.1 Å². The Morgan fingerprint density at radius 3 is 2.48 bits per heavy atom. The standard InChI is InChI=1S/C27H25BrFNO3/c1-17(2)15-30-24-7-5-4-6-21(24)22(27(30)31)12-19-13-25(32-3)26(14-23(19)28)33-16-18-8-10-20(29)11-9-18/h4-14,17H,15-16H2,1-3H3/b22-12-. The first-order valence-corrected chi connectivity index (χ1v) is 11.5. The van der Waals surface area contributed by atoms with Crippen LogP contribution in [0.5, 0.6) is 11.5 Å². The molecule has 1 aliphatic heterocycles. The van der Waals surface area contributed by atoms with Crippen molar-refractivity contribution in [1.29, 1.82) is 0 Å². The zero-order valence-corrected chi connectivity index (χ0v) is 20.4. The molecule has 170 valence electrons. The predicted octanol–water partition coefficient (Wildman–Crippen LogP) is 6.72. The zero-order chi connectivity index (χ0) is 23.5. The molecule has 0 radical (unpaired) electrons. The Hall–Kier alpha value is -3.12. The largest absolute Gasteiger partial charge is 0.493 e. The lowest BCUT2D eigenvalue weighted by molar-refractivity contribution is -0.113. The fourth-order valence-corrected chi connectivity index (χ4v) is 4.26. The summed E-state index contributed by atoms with van der Waals surface area (Å²) in [5, 5.41) is 0. The van der Waals surface area contributed by atoms with Crippen LogP contribution in [-0.2, 0) is 11.4 Å². The summed E-state index contributed by atoms with van der Waals surface area (Å²) in [6, 6.07) is 17.7. The molecule has 1 heterocycles. The van der Waals surface area contributed by atoms with Gasteiger partial charge in [0.1, 0.15) is 12.4 Å². The number of ether oxygens (including phenoxy) is 2. The Bertz CT molecular complexity index is 1200. The van der Waals surface area contributed by atoms with Crippen LogP contribution < -0.4 is 14.4 Å². The van der Waals surface area contributed by atoms with Crippen molar-refractivity contribution in [2.75, 3.05) is 18.6 Å². The number of halogens is 2. The normalized spacial score (nSPS) is 14.2. The van der Waals surface area contributed by atoms with Crippen LogP contribution in [0, 0.1) is 11.7 Å². The van der Waals surface area contributed by atoms with E-state index in [9.17, 15) is 9.18 Å². The van der Waals surface area contributed by atoms with Crippen molar-refractivity contribution < 1.29 is 18.7 Å². The Morgan fingerprint density at radius 2 is 1.79 bits per heavy atom. The number of benzene rings is 3. The van der Waals surface area contributed by atoms with Gasteiger partial charge in [-0.3, -0.25) is 4.79 Å². The number of carbonyl (C=O) groups excluding carboxylic acids is 1. The minimum absolute atomic E-state index is 0.00703. The van der Waals surface area contributed by atoms with Gasteiger partial charge in [0, 0.05) is 22.2 Å². The summed E-state index contributed by atoms with van der Waals surface area (Å²) in [6.07, 6.45) is 1.89. The zero-order valence-electron chi connectivity index (χ0n) is 18.8. The first-order valence-electron chi connectivity index (χ1n) is 10.7. The smallest absolute Gasteiger partial charge is 0.259 e. The van der Waals surface area contributed by atoms with Crippen molar-refractivity contribution >= 4 is 39.2 Å². The predicted molar refractivity (Wildman–Crippen MR) is 133 cm³/mol. The fraction of sp³-hybridized carbons (Fsp3) is 0.222. The summed E-state index contributed by atoms with van der Waals surface area (Å²) in [6.45, 7) is 5.14. The van der Waals surface area contributed by atoms with Crippen LogP contribution in [0.2, 0.25) is 0 Å². The van der Waals surface area contributed by atoms with Crippen LogP contribution in [0.25, 0.3) is 11.6 Å². The molecule has 0 saturated heterocycles. The first kappa shape index (κ1) is 23.1. The van der Waals surface area contributed by atoms with Gasteiger partial charge >= 0.3 is 0 Å². The molecule has 1 amide bonds. The topological polar surface area (TPSA) is 38.8 Å². The molecule has 3 aromatic rings. The Morgan fingerprint density at radius 1 is 1.06 bits per heavy atom. The van der Waals surface area contributed by atoms with Crippen molar-refractivity contribution in [2.45, 2.75) is 20.5 Å². The number of para-hydroxylation sites is 1. The number of hydrogen-bond acceptors (Lipinski definition) is 3. The quantitative estimate of drug-likeness (QED) is 0.332. The number of fused-ring (bicyclic) bond motifs is 1. The van der Waals surface area contributed by atoms with Crippen molar-refractivity contribution in [3.8, 4) is 11.5 Å². The molecule has 0 atom stereocenters. The van der Waals surface area contributed by atoms with Crippen molar-refractivity contribution in [1.82, 2.24) is 0 Å². The molecule has 3 aromatic carbocycles. The van der Waals surface area contributed by atoms with E-state index in [0.717, 1.165) is 26.9 Å². The van der Waals surface area contributed by atoms with E-state index in [-0.39, 0.29) is 18.3 Å². The lowest BCUT2D eigenvalue weighted by Crippen LogP contribution is -2.30. The molecule has 1 aliphatic rings. The monoisotopic (exact) mass is 509 g/mol. The van der Waals surface area contributed by atoms with Gasteiger partial charge in [-0.2, -0.15) is 0 Å². The molecule has 33 heavy (non-hydrogen) atoms. The van der Waals surface area contributed by atoms with Gasteiger partial charge in [-0.25, -0.2) is 4.39 Å². The number of carbonyl (C=O) groups is 1. The summed E-state index contributed by atoms with van der Waals surface area (Å²) < 4.78 is 25.4. The average molecular weight is 510 g/mol. The average Bonchev–Trinajstić information content (AvgIpc) is 3.05. The highest BCUT2D eigenvalue weighted by molar-refractivity contribution is 9.10. The van der Waals surface area contributed by atoms with E-state index < -0.39 is 0 Å². The highest BCUT2D eigenvalue weighted by Gasteiger charge is 2.32. The number of anilines is 1. The van der Waals surface area contributed by atoms with E-state index in [1.807, 2.05) is 47.4 Å². The lowest BCUT2D eigenvalue weighted by atomic mass is 10.0. The first-order chi connectivity index (χ1) is 15.9. The maximum Gasteiger partial charge on any atom is 0.259 e. The second-order valence-corrected chi connectivity index (χ2v) is 9.18. The third-order valence-corrected chi connectivity index (χ3v) is 6.09. The highest BCUT2D eigenvalue weighted by Crippen LogP contribution is 2.41. The van der Waals surface area contributed by atoms with Crippen molar-refractivity contribution in [3.63, 3.8) is 0 Å². The Kier molecular flexibility index (Phi) is 6.84. The van der Waals surface area contributed by atoms with Gasteiger partial charge in [0.25, 0.3) is 5.91 Å². The molecule has 4 nitrogen and oxygen atoms in total. The molecule has 6 heteroatoms. The fourth-order valence-electron chi connectivity index (χ4n) is 3.82. The van der Waals surface area contributed by atoms with E-state index >= 15 is 0 Å². The van der Waals surface area contributed by atoms with Crippen LogP contribution in [0.3, 0.4) is 0 Å². The molecule has 0 aromatic heterocycles. The molecule has 0 fully saturated rings. The number of amides is 1. The van der Waals surface area contributed by atoms with Gasteiger partial charge in [0.15, 0.2) is 11.5 Å². The summed E-state index contributed by atoms with van der Waals surface area (Å²) in [5.41, 5.74) is 4.16. The maximum atomic E-state index is 13.3. The summed E-state index contributed by atoms with van der Waals surface area (Å²) >= 11 is 3.61. The third kappa shape index (κ3) is 4.96. The van der Waals surface area contributed by atoms with Gasteiger partial charge in [0.2, 0.25) is 0 Å². The van der Waals surface area contributed by atoms with Gasteiger partial charge in [-0.15, -0.1) is 0 Å². The van der Waals surface area contributed by atoms with E-state index in [1.54, 1.807) is 19.2 Å². The number of nitrogens with zero attached hydrogens (tertiary/aromatic N) is 1. The molecular weight excluding hydrogens is 485 g/mol. The Labute approximate surface area is 201 Å². The second-order valence-electron chi connectivity index (χ2n) is 8.32. The van der Waals surface area contributed by atoms with Gasteiger partial charge in [0.05, 0.1) is 12.8 Å². The van der Waals surface area contributed by atoms with Crippen molar-refractivity contribution in [2.24, 2.45) is 5.92 Å². The minimum Gasteiger partial charge on any atom is -0.493 e. The van der Waals surface area contributed by atoms with Gasteiger partial charge < -0.3 is 14.4 Å². The number of methoxy groups -OCH3 is 1. The summed E-state index contributed by atoms with van der Waals surface area (Å²) in [4.78, 5) is 15.1. The van der Waals surface area contributed by atoms with E-state index in [2.05, 4.69) is 29.8 Å². The van der Waals surface area contributed by atoms with Crippen LogP contribution in [-0.4, -0.2) is 19.6 Å². The molecule has 0 spiro atoms. The number of hydrogen-bond donors (Lipinski definition) is 0. The van der Waals surface area contributed by atoms with E-state index in [0.29, 0.717) is 29.5 Å². The number of rotatable bonds is 7. The summed E-state index contributed by atoms with van der Waals surface area (Å²) in [5.74, 6) is 1.16. The van der Waals surface area contributed by atoms with Crippen LogP contribution in [0.1, 0.15) is 30.5 Å². The maximum absolute atomic E-state index is 13.3. The highest BCUT2D eigenvalue weighted by atomic mass is 79.9. The lowest BCUT2D eigenvalue weighted by Gasteiger charge is -2.19. The second kappa shape index (κ2) is 9.79. The van der Waals surface area contributed by atoms with Gasteiger partial charge in [-0.05, 0) is 53.5 Å². The molecule has 0 N–H and O–H groups in total. The molecule has 0 aliphatic carbocycles. The van der Waals surface area contributed by atoms with Crippen molar-refractivity contribution in [3.05, 3.63) is 87.6 Å². The van der Waals surface area contributed by atoms with Gasteiger partial charge in [-0.1, -0.05) is 60.1 Å². The Balaban J connectivity index is 1.65. The molecule has 0 bridgehead atoms. The molecule has 0 unspecified atom stereocenters. The SMILES string of the molecule is COc1cc(/C=C2\C(=O)N(CC(C)C)c3ccccc32)c(Br)cc1OCc1ccc(F)cc1. The molecule has 4 rings (SSSR count). The molecule has 0 saturated carbocycles. The van der Waals surface area contributed by atoms with E-state index in [4.69, 9.17) is 9.47 Å². The summed E-state index contributed by atoms with van der Waals surface area (Å²) in [7, 11) is 1.57.